The topological polar surface area (TPSA) is 151 Å². The predicted molar refractivity (Wildman–Crippen MR) is 177 cm³/mol. The van der Waals surface area contributed by atoms with E-state index in [1.807, 2.05) is 36.4 Å². The molecule has 2 aliphatic rings. The molecule has 0 saturated carbocycles. The Morgan fingerprint density at radius 1 is 1.04 bits per heavy atom. The molecular formula is C34H48N4O10. The summed E-state index contributed by atoms with van der Waals surface area (Å²) >= 11 is 0. The van der Waals surface area contributed by atoms with Gasteiger partial charge in [-0.15, -0.1) is 10.1 Å². The fraction of sp³-hybridized carbons (Fsp3) is 0.588. The van der Waals surface area contributed by atoms with Crippen LogP contribution in [0.3, 0.4) is 0 Å². The van der Waals surface area contributed by atoms with Gasteiger partial charge in [-0.3, -0.25) is 4.79 Å². The number of nitrogens with zero attached hydrogens (tertiary/aromatic N) is 3. The Labute approximate surface area is 281 Å². The number of hydrogen-bond acceptors (Lipinski definition) is 11. The minimum absolute atomic E-state index is 0.00383. The molecule has 1 saturated heterocycles. The maximum atomic E-state index is 13.5. The fourth-order valence-corrected chi connectivity index (χ4v) is 6.15. The van der Waals surface area contributed by atoms with Gasteiger partial charge in [-0.25, -0.2) is 4.79 Å². The number of piperidine rings is 1. The molecule has 2 amide bonds. The number of ether oxygens (including phenoxy) is 5. The largest absolute Gasteiger partial charge is 0.497 e. The summed E-state index contributed by atoms with van der Waals surface area (Å²) in [5.74, 6) is 1.29. The minimum atomic E-state index is -0.820. The number of hydrogen-bond donors (Lipinski definition) is 1. The lowest BCUT2D eigenvalue weighted by atomic mass is 9.82. The number of carbonyl (C=O) groups excluding carboxylic acids is 2. The van der Waals surface area contributed by atoms with E-state index in [1.165, 1.54) is 0 Å². The lowest BCUT2D eigenvalue weighted by Crippen LogP contribution is -2.53. The zero-order chi connectivity index (χ0) is 34.3. The van der Waals surface area contributed by atoms with Crippen molar-refractivity contribution in [3.8, 4) is 11.5 Å². The van der Waals surface area contributed by atoms with Crippen molar-refractivity contribution in [2.75, 3.05) is 72.2 Å². The average molecular weight is 673 g/mol. The molecule has 3 unspecified atom stereocenters. The van der Waals surface area contributed by atoms with Crippen molar-refractivity contribution >= 4 is 17.7 Å². The van der Waals surface area contributed by atoms with Gasteiger partial charge in [-0.05, 0) is 67.5 Å². The van der Waals surface area contributed by atoms with Crippen LogP contribution in [-0.2, 0) is 30.4 Å². The van der Waals surface area contributed by atoms with Crippen LogP contribution in [0.2, 0.25) is 0 Å². The molecule has 14 nitrogen and oxygen atoms in total. The third-order valence-corrected chi connectivity index (χ3v) is 8.70. The van der Waals surface area contributed by atoms with Crippen LogP contribution in [-0.4, -0.2) is 101 Å². The van der Waals surface area contributed by atoms with E-state index in [0.29, 0.717) is 45.5 Å². The molecule has 2 aromatic carbocycles. The van der Waals surface area contributed by atoms with E-state index in [1.54, 1.807) is 26.2 Å². The van der Waals surface area contributed by atoms with E-state index < -0.39 is 23.3 Å². The monoisotopic (exact) mass is 672 g/mol. The van der Waals surface area contributed by atoms with Gasteiger partial charge in [0, 0.05) is 45.7 Å². The summed E-state index contributed by atoms with van der Waals surface area (Å²) in [4.78, 5) is 44.6. The van der Waals surface area contributed by atoms with E-state index >= 15 is 0 Å². The van der Waals surface area contributed by atoms with Gasteiger partial charge in [0.25, 0.3) is 5.09 Å². The Balaban J connectivity index is 1.50. The molecule has 48 heavy (non-hydrogen) atoms. The molecule has 0 aromatic heterocycles. The van der Waals surface area contributed by atoms with Crippen molar-refractivity contribution < 1.29 is 43.2 Å². The number of anilines is 1. The summed E-state index contributed by atoms with van der Waals surface area (Å²) in [5, 5.41) is 12.2. The Morgan fingerprint density at radius 2 is 1.83 bits per heavy atom. The Bertz CT molecular complexity index is 1330. The van der Waals surface area contributed by atoms with Gasteiger partial charge in [-0.1, -0.05) is 18.2 Å². The first-order chi connectivity index (χ1) is 23.3. The third-order valence-electron chi connectivity index (χ3n) is 8.70. The second kappa shape index (κ2) is 18.9. The normalized spacial score (nSPS) is 18.8. The molecule has 264 valence electrons. The van der Waals surface area contributed by atoms with Gasteiger partial charge in [0.1, 0.15) is 18.1 Å². The van der Waals surface area contributed by atoms with Gasteiger partial charge in [-0.2, -0.15) is 0 Å². The number of carbonyl (C=O) groups is 2. The molecule has 0 spiro atoms. The van der Waals surface area contributed by atoms with Crippen LogP contribution in [0.25, 0.3) is 0 Å². The average Bonchev–Trinajstić information content (AvgIpc) is 3.10. The quantitative estimate of drug-likeness (QED) is 0.137. The van der Waals surface area contributed by atoms with Crippen molar-refractivity contribution in [3.63, 3.8) is 0 Å². The molecule has 1 fully saturated rings. The van der Waals surface area contributed by atoms with E-state index in [0.717, 1.165) is 47.8 Å². The first kappa shape index (κ1) is 36.5. The van der Waals surface area contributed by atoms with Gasteiger partial charge < -0.3 is 43.6 Å². The van der Waals surface area contributed by atoms with Crippen LogP contribution in [0.1, 0.15) is 55.6 Å². The molecular weight excluding hydrogens is 624 g/mol. The summed E-state index contributed by atoms with van der Waals surface area (Å²) in [7, 11) is 4.90. The van der Waals surface area contributed by atoms with Crippen molar-refractivity contribution in [1.82, 2.24) is 10.2 Å². The maximum absolute atomic E-state index is 13.5. The maximum Gasteiger partial charge on any atom is 0.410 e. The molecule has 4 rings (SSSR count). The molecule has 14 heteroatoms. The van der Waals surface area contributed by atoms with E-state index in [2.05, 4.69) is 21.1 Å². The lowest BCUT2D eigenvalue weighted by molar-refractivity contribution is -0.757. The molecule has 2 aromatic rings. The molecule has 0 bridgehead atoms. The SMILES string of the molecule is CNC(=O)CC1CC(c2ccc(OC)cc2)C(OCc2ccc3c(c2)N(CCCOC)CCO3)CN1C(=O)OCCCCCO[N+](=O)[O-]. The highest BCUT2D eigenvalue weighted by Gasteiger charge is 2.41. The third kappa shape index (κ3) is 10.6. The van der Waals surface area contributed by atoms with Crippen LogP contribution in [0, 0.1) is 10.1 Å². The molecule has 0 radical (unpaired) electrons. The number of unbranched alkanes of at least 4 members (excludes halogenated alkanes) is 2. The van der Waals surface area contributed by atoms with Crippen molar-refractivity contribution in [1.29, 1.82) is 0 Å². The summed E-state index contributed by atoms with van der Waals surface area (Å²) < 4.78 is 28.8. The second-order valence-electron chi connectivity index (χ2n) is 11.9. The molecule has 2 heterocycles. The predicted octanol–water partition coefficient (Wildman–Crippen LogP) is 4.33. The number of rotatable bonds is 18. The lowest BCUT2D eigenvalue weighted by Gasteiger charge is -2.43. The van der Waals surface area contributed by atoms with E-state index in [9.17, 15) is 19.7 Å². The highest BCUT2D eigenvalue weighted by atomic mass is 16.9. The zero-order valence-electron chi connectivity index (χ0n) is 28.1. The number of nitrogens with one attached hydrogen (secondary N) is 1. The zero-order valence-corrected chi connectivity index (χ0v) is 28.1. The summed E-state index contributed by atoms with van der Waals surface area (Å²) in [5.41, 5.74) is 3.03. The number of likely N-dealkylation sites (tertiary alicyclic amines) is 1. The summed E-state index contributed by atoms with van der Waals surface area (Å²) in [6, 6.07) is 13.5. The molecule has 3 atom stereocenters. The smallest absolute Gasteiger partial charge is 0.410 e. The number of amides is 2. The fourth-order valence-electron chi connectivity index (χ4n) is 6.15. The van der Waals surface area contributed by atoms with Gasteiger partial charge in [0.15, 0.2) is 0 Å². The standard InChI is InChI=1S/C34H48N4O10/c1-35-33(39)22-27-21-29(26-9-11-28(44-3)12-10-26)32(23-37(27)34(40)46-17-5-4-6-18-48-38(41)42)47-24-25-8-13-31-30(20-25)36(15-19-45-31)14-7-16-43-2/h8-13,20,27,29,32H,4-7,14-19,21-24H2,1-3H3,(H,35,39). The van der Waals surface area contributed by atoms with Crippen LogP contribution in [0.4, 0.5) is 10.5 Å². The summed E-state index contributed by atoms with van der Waals surface area (Å²) in [6.07, 6.45) is 2.20. The van der Waals surface area contributed by atoms with Gasteiger partial charge in [0.05, 0.1) is 51.8 Å². The van der Waals surface area contributed by atoms with Crippen molar-refractivity contribution in [2.24, 2.45) is 0 Å². The van der Waals surface area contributed by atoms with Gasteiger partial charge >= 0.3 is 6.09 Å². The highest BCUT2D eigenvalue weighted by molar-refractivity contribution is 5.77. The first-order valence-electron chi connectivity index (χ1n) is 16.5. The van der Waals surface area contributed by atoms with Crippen LogP contribution in [0.5, 0.6) is 11.5 Å². The number of fused-ring (bicyclic) bond motifs is 1. The van der Waals surface area contributed by atoms with Crippen molar-refractivity contribution in [3.05, 3.63) is 63.7 Å². The minimum Gasteiger partial charge on any atom is -0.497 e. The van der Waals surface area contributed by atoms with Crippen LogP contribution >= 0.6 is 0 Å². The Hall–Kier alpha value is -4.30. The number of benzene rings is 2. The Kier molecular flexibility index (Phi) is 14.4. The highest BCUT2D eigenvalue weighted by Crippen LogP contribution is 2.38. The molecule has 2 aliphatic heterocycles. The number of methoxy groups -OCH3 is 2. The molecule has 1 N–H and O–H groups in total. The second-order valence-corrected chi connectivity index (χ2v) is 11.9. The molecule has 0 aliphatic carbocycles. The summed E-state index contributed by atoms with van der Waals surface area (Å²) in [6.45, 7) is 3.63. The van der Waals surface area contributed by atoms with Crippen LogP contribution in [0.15, 0.2) is 42.5 Å². The van der Waals surface area contributed by atoms with Crippen molar-refractivity contribution in [2.45, 2.75) is 63.2 Å². The van der Waals surface area contributed by atoms with Crippen LogP contribution < -0.4 is 19.7 Å². The van der Waals surface area contributed by atoms with E-state index in [-0.39, 0.29) is 38.0 Å². The van der Waals surface area contributed by atoms with E-state index in [4.69, 9.17) is 23.7 Å². The first-order valence-corrected chi connectivity index (χ1v) is 16.5. The van der Waals surface area contributed by atoms with Gasteiger partial charge in [0.2, 0.25) is 5.91 Å². The Morgan fingerprint density at radius 3 is 2.56 bits per heavy atom.